The highest BCUT2D eigenvalue weighted by molar-refractivity contribution is 5.90. The number of hydrogen-bond acceptors (Lipinski definition) is 5. The third-order valence-corrected chi connectivity index (χ3v) is 12.0. The number of hydrogen-bond donors (Lipinski definition) is 1. The summed E-state index contributed by atoms with van der Waals surface area (Å²) in [5.74, 6) is 0.765. The van der Waals surface area contributed by atoms with E-state index in [4.69, 9.17) is 9.47 Å². The maximum absolute atomic E-state index is 13.4. The van der Waals surface area contributed by atoms with Crippen LogP contribution in [0.15, 0.2) is 60.7 Å². The first-order valence-electron chi connectivity index (χ1n) is 15.5. The Kier molecular flexibility index (Phi) is 6.42. The van der Waals surface area contributed by atoms with E-state index in [-0.39, 0.29) is 40.7 Å². The highest BCUT2D eigenvalue weighted by Gasteiger charge is 2.76. The largest absolute Gasteiger partial charge is 0.458 e. The Hall–Kier alpha value is -2.99. The summed E-state index contributed by atoms with van der Waals surface area (Å²) in [5.41, 5.74) is 0.762. The minimum atomic E-state index is -0.473. The van der Waals surface area contributed by atoms with Gasteiger partial charge in [-0.3, -0.25) is 0 Å². The van der Waals surface area contributed by atoms with E-state index >= 15 is 0 Å². The van der Waals surface area contributed by atoms with Gasteiger partial charge in [0.15, 0.2) is 6.54 Å². The Balaban J connectivity index is 1.20. The molecule has 6 nitrogen and oxygen atoms in total. The first-order valence-corrected chi connectivity index (χ1v) is 15.5. The Bertz CT molecular complexity index is 1360. The number of benzene rings is 2. The second-order valence-corrected chi connectivity index (χ2v) is 13.9. The third kappa shape index (κ3) is 4.04. The molecule has 0 saturated heterocycles. The number of aliphatic hydroxyl groups excluding tert-OH is 1. The van der Waals surface area contributed by atoms with E-state index < -0.39 is 11.5 Å². The van der Waals surface area contributed by atoms with Crippen LogP contribution in [0.5, 0.6) is 0 Å². The highest BCUT2D eigenvalue weighted by atomic mass is 16.5. The third-order valence-electron chi connectivity index (χ3n) is 12.0. The zero-order valence-corrected chi connectivity index (χ0v) is 24.2. The Labute approximate surface area is 242 Å². The fourth-order valence-electron chi connectivity index (χ4n) is 10.4. The predicted molar refractivity (Wildman–Crippen MR) is 155 cm³/mol. The van der Waals surface area contributed by atoms with Gasteiger partial charge in [-0.2, -0.15) is 0 Å². The van der Waals surface area contributed by atoms with Gasteiger partial charge in [0.05, 0.1) is 22.6 Å². The molecule has 5 aliphatic rings. The van der Waals surface area contributed by atoms with Gasteiger partial charge >= 0.3 is 11.9 Å². The quantitative estimate of drug-likeness (QED) is 0.382. The zero-order chi connectivity index (χ0) is 28.4. The maximum atomic E-state index is 13.4. The molecule has 4 fully saturated rings. The van der Waals surface area contributed by atoms with Gasteiger partial charge in [0.25, 0.3) is 0 Å². The topological polar surface area (TPSA) is 75.8 Å². The number of fused-ring (bicyclic) bond motifs is 1. The molecule has 0 unspecified atom stereocenters. The van der Waals surface area contributed by atoms with Crippen LogP contribution in [0.3, 0.4) is 0 Å². The van der Waals surface area contributed by atoms with Gasteiger partial charge in [-0.05, 0) is 80.0 Å². The lowest BCUT2D eigenvalue weighted by Crippen LogP contribution is -2.69. The van der Waals surface area contributed by atoms with Crippen LogP contribution in [-0.4, -0.2) is 59.7 Å². The highest BCUT2D eigenvalue weighted by Crippen LogP contribution is 2.75. The molecule has 7 rings (SSSR count). The molecule has 0 aromatic heterocycles. The lowest BCUT2D eigenvalue weighted by atomic mass is 9.40. The molecular weight excluding hydrogens is 514 g/mol. The van der Waals surface area contributed by atoms with E-state index in [0.717, 1.165) is 38.6 Å². The van der Waals surface area contributed by atoms with Crippen molar-refractivity contribution in [2.75, 3.05) is 19.7 Å². The van der Waals surface area contributed by atoms with Gasteiger partial charge in [-0.25, -0.2) is 14.2 Å². The molecule has 4 saturated carbocycles. The van der Waals surface area contributed by atoms with Crippen molar-refractivity contribution in [1.82, 2.24) is 0 Å². The van der Waals surface area contributed by atoms with Gasteiger partial charge in [0.1, 0.15) is 25.5 Å². The van der Waals surface area contributed by atoms with E-state index in [1.807, 2.05) is 48.5 Å². The van der Waals surface area contributed by atoms with E-state index in [0.29, 0.717) is 36.1 Å². The average molecular weight is 557 g/mol. The summed E-state index contributed by atoms with van der Waals surface area (Å²) in [5, 5.41) is 11.9. The molecule has 1 heterocycles. The van der Waals surface area contributed by atoms with Gasteiger partial charge in [-0.15, -0.1) is 0 Å². The van der Waals surface area contributed by atoms with E-state index in [1.54, 1.807) is 12.1 Å². The zero-order valence-electron chi connectivity index (χ0n) is 24.2. The molecule has 4 bridgehead atoms. The number of rotatable bonds is 6. The molecule has 0 amide bonds. The molecule has 2 aromatic rings. The van der Waals surface area contributed by atoms with Gasteiger partial charge < -0.3 is 14.6 Å². The molecule has 41 heavy (non-hydrogen) atoms. The fraction of sp³-hybridized carbons (Fsp3) is 0.571. The summed E-state index contributed by atoms with van der Waals surface area (Å²) in [7, 11) is 0. The number of carbonyl (C=O) groups excluding carboxylic acids is 2. The molecule has 2 aromatic carbocycles. The van der Waals surface area contributed by atoms with Crippen LogP contribution in [0.4, 0.5) is 0 Å². The second-order valence-electron chi connectivity index (χ2n) is 13.9. The summed E-state index contributed by atoms with van der Waals surface area (Å²) < 4.78 is 14.6. The summed E-state index contributed by atoms with van der Waals surface area (Å²) in [4.78, 5) is 26.0. The second kappa shape index (κ2) is 9.79. The minimum Gasteiger partial charge on any atom is -0.458 e. The number of aliphatic hydroxyl groups is 1. The van der Waals surface area contributed by atoms with Crippen LogP contribution < -0.4 is 0 Å². The van der Waals surface area contributed by atoms with E-state index in [9.17, 15) is 14.7 Å². The summed E-state index contributed by atoms with van der Waals surface area (Å²) in [6.45, 7) is 6.52. The number of carbonyl (C=O) groups is 2. The fourth-order valence-corrected chi connectivity index (χ4v) is 10.4. The smallest absolute Gasteiger partial charge is 0.338 e. The van der Waals surface area contributed by atoms with Gasteiger partial charge in [0.2, 0.25) is 0 Å². The molecule has 4 aliphatic carbocycles. The van der Waals surface area contributed by atoms with Crippen molar-refractivity contribution in [1.29, 1.82) is 0 Å². The molecular formula is C35H42NO5+. The number of esters is 2. The number of ether oxygens (including phenoxy) is 2. The van der Waals surface area contributed by atoms with Crippen LogP contribution in [0.2, 0.25) is 0 Å². The van der Waals surface area contributed by atoms with Crippen molar-refractivity contribution in [2.45, 2.75) is 64.6 Å². The van der Waals surface area contributed by atoms with Gasteiger partial charge in [-0.1, -0.05) is 56.7 Å². The lowest BCUT2D eigenvalue weighted by molar-refractivity contribution is -0.559. The van der Waals surface area contributed by atoms with Crippen molar-refractivity contribution in [3.05, 3.63) is 71.8 Å². The van der Waals surface area contributed by atoms with Crippen LogP contribution in [0.1, 0.15) is 73.1 Å². The lowest BCUT2D eigenvalue weighted by Gasteiger charge is -2.64. The van der Waals surface area contributed by atoms with Crippen LogP contribution in [0, 0.1) is 39.9 Å². The average Bonchev–Trinajstić information content (AvgIpc) is 3.50. The summed E-state index contributed by atoms with van der Waals surface area (Å²) in [6, 6.07) is 18.5. The van der Waals surface area contributed by atoms with E-state index in [1.165, 1.54) is 6.42 Å². The molecule has 6 heteroatoms. The molecule has 1 spiro atoms. The monoisotopic (exact) mass is 556 g/mol. The first kappa shape index (κ1) is 26.9. The van der Waals surface area contributed by atoms with Crippen LogP contribution in [0.25, 0.3) is 0 Å². The minimum absolute atomic E-state index is 0.0415. The SMILES string of the molecule is C[C@@H]1[C@H]2C[C@@H]3[C@]45C=[N+](CCOC(=O)c6ccccc6)C[C@](C)(CCC4)[C@H]5C[C@H](OC(=O)c4ccccc4)[C@@]3(C2)[C@H]1O. The normalized spacial score (nSPS) is 40.2. The predicted octanol–water partition coefficient (Wildman–Crippen LogP) is 5.39. The van der Waals surface area contributed by atoms with Gasteiger partial charge in [0, 0.05) is 10.8 Å². The Morgan fingerprint density at radius 3 is 2.32 bits per heavy atom. The van der Waals surface area contributed by atoms with Crippen molar-refractivity contribution in [2.24, 2.45) is 39.9 Å². The number of nitrogens with zero attached hydrogens (tertiary/aromatic N) is 1. The van der Waals surface area contributed by atoms with Crippen molar-refractivity contribution < 1.29 is 28.7 Å². The van der Waals surface area contributed by atoms with Crippen LogP contribution in [-0.2, 0) is 9.47 Å². The summed E-state index contributed by atoms with van der Waals surface area (Å²) >= 11 is 0. The van der Waals surface area contributed by atoms with E-state index in [2.05, 4.69) is 24.6 Å². The van der Waals surface area contributed by atoms with Crippen molar-refractivity contribution in [3.63, 3.8) is 0 Å². The first-order chi connectivity index (χ1) is 19.8. The summed E-state index contributed by atoms with van der Waals surface area (Å²) in [6.07, 6.45) is 7.97. The Morgan fingerprint density at radius 1 is 0.951 bits per heavy atom. The maximum Gasteiger partial charge on any atom is 0.338 e. The Morgan fingerprint density at radius 2 is 1.63 bits per heavy atom. The molecule has 1 N–H and O–H groups in total. The standard InChI is InChI=1S/C35H42NO5/c1-23-26-18-28-34-15-9-14-33(2,21-36(22-34)16-17-40-31(38)24-10-5-3-6-11-24)27(34)19-29(35(28,20-26)30(23)37)41-32(39)25-12-7-4-8-13-25/h3-8,10-13,22-23,26-30,37H,9,14-21H2,1-2H3/q+1/t23-,26+,27-,28-,29+,30+,33+,34+,35+/m1/s1. The molecule has 0 radical (unpaired) electrons. The van der Waals surface area contributed by atoms with Crippen molar-refractivity contribution in [3.8, 4) is 0 Å². The molecule has 1 aliphatic heterocycles. The molecule has 9 atom stereocenters. The van der Waals surface area contributed by atoms with Crippen LogP contribution >= 0.6 is 0 Å². The van der Waals surface area contributed by atoms with Crippen molar-refractivity contribution >= 4 is 18.2 Å². The molecule has 216 valence electrons.